The molecule has 1 aliphatic heterocycles. The van der Waals surface area contributed by atoms with Crippen molar-refractivity contribution in [3.63, 3.8) is 0 Å². The summed E-state index contributed by atoms with van der Waals surface area (Å²) in [6.45, 7) is 3.41. The highest BCUT2D eigenvalue weighted by atomic mass is 32.2. The number of furan rings is 1. The number of rotatable bonds is 4. The summed E-state index contributed by atoms with van der Waals surface area (Å²) in [6.07, 6.45) is 3.04. The molecule has 2 rings (SSSR count). The third kappa shape index (κ3) is 2.78. The summed E-state index contributed by atoms with van der Waals surface area (Å²) in [5.41, 5.74) is 0. The Balaban J connectivity index is 2.31. The van der Waals surface area contributed by atoms with Crippen molar-refractivity contribution in [1.82, 2.24) is 4.90 Å². The second-order valence-electron chi connectivity index (χ2n) is 4.58. The number of carboxylic acids is 1. The van der Waals surface area contributed by atoms with E-state index < -0.39 is 17.9 Å². The molecule has 0 spiro atoms. The number of nitrogens with zero attached hydrogens (tertiary/aromatic N) is 1. The molecule has 106 valence electrons. The minimum absolute atomic E-state index is 0.218. The number of carbonyl (C=O) groups excluding carboxylic acids is 2. The predicted molar refractivity (Wildman–Crippen MR) is 77.4 cm³/mol. The molecule has 0 radical (unpaired) electrons. The van der Waals surface area contributed by atoms with Crippen LogP contribution in [0.2, 0.25) is 0 Å². The molecule has 5 nitrogen and oxygen atoms in total. The Labute approximate surface area is 125 Å². The zero-order valence-corrected chi connectivity index (χ0v) is 12.5. The molecule has 0 saturated carbocycles. The number of carboxylic acid groups (broad SMARTS) is 1. The molecule has 20 heavy (non-hydrogen) atoms. The molecule has 1 amide bonds. The Morgan fingerprint density at radius 2 is 2.25 bits per heavy atom. The average molecular weight is 310 g/mol. The van der Waals surface area contributed by atoms with Gasteiger partial charge in [-0.3, -0.25) is 9.69 Å². The summed E-state index contributed by atoms with van der Waals surface area (Å²) in [4.78, 5) is 25.0. The molecule has 1 aliphatic rings. The SMILES string of the molecule is CC(C)[C@@H](C(=O)[O-])N1C(=O)/C(=C\c2ccco2)SC1=S. The minimum atomic E-state index is -1.31. The number of aliphatic carboxylic acids is 1. The molecule has 0 N–H and O–H groups in total. The first kappa shape index (κ1) is 14.8. The van der Waals surface area contributed by atoms with E-state index in [1.54, 1.807) is 32.1 Å². The largest absolute Gasteiger partial charge is 0.548 e. The topological polar surface area (TPSA) is 73.6 Å². The summed E-state index contributed by atoms with van der Waals surface area (Å²) >= 11 is 6.17. The third-order valence-corrected chi connectivity index (χ3v) is 4.12. The molecule has 1 aromatic heterocycles. The van der Waals surface area contributed by atoms with E-state index in [-0.39, 0.29) is 10.2 Å². The minimum Gasteiger partial charge on any atom is -0.548 e. The third-order valence-electron chi connectivity index (χ3n) is 2.79. The summed E-state index contributed by atoms with van der Waals surface area (Å²) in [5, 5.41) is 11.2. The van der Waals surface area contributed by atoms with Crippen molar-refractivity contribution in [2.24, 2.45) is 5.92 Å². The number of thioether (sulfide) groups is 1. The summed E-state index contributed by atoms with van der Waals surface area (Å²) < 4.78 is 5.36. The molecule has 2 heterocycles. The smallest absolute Gasteiger partial charge is 0.266 e. The van der Waals surface area contributed by atoms with E-state index >= 15 is 0 Å². The van der Waals surface area contributed by atoms with Crippen molar-refractivity contribution in [3.05, 3.63) is 29.1 Å². The van der Waals surface area contributed by atoms with Crippen molar-refractivity contribution < 1.29 is 19.1 Å². The lowest BCUT2D eigenvalue weighted by Gasteiger charge is -2.30. The highest BCUT2D eigenvalue weighted by molar-refractivity contribution is 8.26. The van der Waals surface area contributed by atoms with Crippen LogP contribution in [0.1, 0.15) is 19.6 Å². The predicted octanol–water partition coefficient (Wildman–Crippen LogP) is 1.26. The second-order valence-corrected chi connectivity index (χ2v) is 6.25. The van der Waals surface area contributed by atoms with Gasteiger partial charge < -0.3 is 14.3 Å². The Bertz CT molecular complexity index is 577. The fraction of sp³-hybridized carbons (Fsp3) is 0.308. The van der Waals surface area contributed by atoms with E-state index in [9.17, 15) is 14.7 Å². The van der Waals surface area contributed by atoms with Crippen LogP contribution in [-0.4, -0.2) is 27.1 Å². The van der Waals surface area contributed by atoms with Crippen molar-refractivity contribution >= 4 is 46.3 Å². The molecule has 1 saturated heterocycles. The lowest BCUT2D eigenvalue weighted by Crippen LogP contribution is -2.52. The quantitative estimate of drug-likeness (QED) is 0.615. The first-order valence-electron chi connectivity index (χ1n) is 5.93. The zero-order chi connectivity index (χ0) is 14.9. The van der Waals surface area contributed by atoms with Gasteiger partial charge in [-0.1, -0.05) is 37.8 Å². The first-order chi connectivity index (χ1) is 9.41. The summed E-state index contributed by atoms with van der Waals surface area (Å²) in [5.74, 6) is -1.53. The van der Waals surface area contributed by atoms with Gasteiger partial charge in [-0.2, -0.15) is 0 Å². The maximum atomic E-state index is 12.3. The maximum absolute atomic E-state index is 12.3. The van der Waals surface area contributed by atoms with Crippen molar-refractivity contribution in [3.8, 4) is 0 Å². The van der Waals surface area contributed by atoms with Gasteiger partial charge in [-0.25, -0.2) is 0 Å². The van der Waals surface area contributed by atoms with Gasteiger partial charge in [0.25, 0.3) is 5.91 Å². The van der Waals surface area contributed by atoms with Crippen LogP contribution in [0.5, 0.6) is 0 Å². The summed E-state index contributed by atoms with van der Waals surface area (Å²) in [7, 11) is 0. The van der Waals surface area contributed by atoms with Gasteiger partial charge in [-0.15, -0.1) is 0 Å². The molecule has 0 bridgehead atoms. The van der Waals surface area contributed by atoms with E-state index in [2.05, 4.69) is 0 Å². The van der Waals surface area contributed by atoms with E-state index in [1.165, 1.54) is 6.26 Å². The van der Waals surface area contributed by atoms with Crippen LogP contribution in [-0.2, 0) is 9.59 Å². The van der Waals surface area contributed by atoms with E-state index in [1.807, 2.05) is 0 Å². The van der Waals surface area contributed by atoms with Crippen LogP contribution >= 0.6 is 24.0 Å². The van der Waals surface area contributed by atoms with E-state index in [0.29, 0.717) is 10.7 Å². The molecule has 1 aromatic rings. The van der Waals surface area contributed by atoms with E-state index in [0.717, 1.165) is 16.7 Å². The van der Waals surface area contributed by atoms with Crippen molar-refractivity contribution in [1.29, 1.82) is 0 Å². The molecular formula is C13H12NO4S2-. The van der Waals surface area contributed by atoms with Crippen molar-refractivity contribution in [2.45, 2.75) is 19.9 Å². The fourth-order valence-electron chi connectivity index (χ4n) is 1.90. The monoisotopic (exact) mass is 310 g/mol. The van der Waals surface area contributed by atoms with Gasteiger partial charge in [0, 0.05) is 6.08 Å². The van der Waals surface area contributed by atoms with Crippen LogP contribution in [0.25, 0.3) is 6.08 Å². The number of hydrogen-bond donors (Lipinski definition) is 0. The van der Waals surface area contributed by atoms with Crippen LogP contribution in [0.3, 0.4) is 0 Å². The van der Waals surface area contributed by atoms with Crippen LogP contribution < -0.4 is 5.11 Å². The Morgan fingerprint density at radius 1 is 1.55 bits per heavy atom. The van der Waals surface area contributed by atoms with Gasteiger partial charge in [0.15, 0.2) is 0 Å². The molecule has 0 unspecified atom stereocenters. The Kier molecular flexibility index (Phi) is 4.29. The Hall–Kier alpha value is -1.60. The van der Waals surface area contributed by atoms with Crippen LogP contribution in [0.15, 0.2) is 27.7 Å². The highest BCUT2D eigenvalue weighted by Crippen LogP contribution is 2.35. The molecular weight excluding hydrogens is 298 g/mol. The molecule has 1 fully saturated rings. The fourth-order valence-corrected chi connectivity index (χ4v) is 3.21. The van der Waals surface area contributed by atoms with Crippen LogP contribution in [0.4, 0.5) is 0 Å². The van der Waals surface area contributed by atoms with Gasteiger partial charge in [0.1, 0.15) is 10.1 Å². The summed E-state index contributed by atoms with van der Waals surface area (Å²) in [6, 6.07) is 2.33. The van der Waals surface area contributed by atoms with Crippen molar-refractivity contribution in [2.75, 3.05) is 0 Å². The molecule has 7 heteroatoms. The normalized spacial score (nSPS) is 19.1. The second kappa shape index (κ2) is 5.80. The van der Waals surface area contributed by atoms with E-state index in [4.69, 9.17) is 16.6 Å². The van der Waals surface area contributed by atoms with Gasteiger partial charge in [0.05, 0.1) is 23.2 Å². The number of carbonyl (C=O) groups is 2. The van der Waals surface area contributed by atoms with Crippen LogP contribution in [0, 0.1) is 5.92 Å². The first-order valence-corrected chi connectivity index (χ1v) is 7.15. The number of thiocarbonyl (C=S) groups is 1. The van der Waals surface area contributed by atoms with Gasteiger partial charge >= 0.3 is 0 Å². The molecule has 0 aliphatic carbocycles. The molecule has 0 aromatic carbocycles. The highest BCUT2D eigenvalue weighted by Gasteiger charge is 2.39. The zero-order valence-electron chi connectivity index (χ0n) is 10.9. The maximum Gasteiger partial charge on any atom is 0.266 e. The lowest BCUT2D eigenvalue weighted by molar-refractivity contribution is -0.311. The molecule has 1 atom stereocenters. The van der Waals surface area contributed by atoms with Gasteiger partial charge in [0.2, 0.25) is 0 Å². The number of hydrogen-bond acceptors (Lipinski definition) is 6. The standard InChI is InChI=1S/C13H13NO4S2/c1-7(2)10(12(16)17)14-11(15)9(20-13(14)19)6-8-4-3-5-18-8/h3-7,10H,1-2H3,(H,16,17)/p-1/b9-6+/t10-/m0/s1. The Morgan fingerprint density at radius 3 is 2.75 bits per heavy atom. The number of amides is 1. The average Bonchev–Trinajstić information content (AvgIpc) is 2.93. The van der Waals surface area contributed by atoms with Gasteiger partial charge in [-0.05, 0) is 18.1 Å². The lowest BCUT2D eigenvalue weighted by atomic mass is 10.0.